The van der Waals surface area contributed by atoms with Crippen molar-refractivity contribution in [2.45, 2.75) is 238 Å². The van der Waals surface area contributed by atoms with E-state index < -0.39 is 252 Å². The Bertz CT molecular complexity index is 4880. The SMILES string of the molecule is CC[C@@H](O)[C@@H]1NC(=O)[C@H](C(C)C)NC(=O)[C@H](CC(C)C)NC(=O)[C@H](CCN)NC(=O)[C@@H](CC(C)C)NC(=O)[C@H](C)N(C)C(=O)[C@H](C(C)C)NC(=O)[C@H](Cc2ccc(-c3ccccc3)cc2)NC(=O)[C@H](C(C)C)NC(=O)[C@H](Cc2c[nH]c3ccccc23)NC(=O)[C@H](CC(=O)O)NC(=O)[C@H](Cc2ccc(C(=O)O)cc2)NC(=O)[C@H](CN)NC(=O)CSC[C@@H](C(=O)N[C@@H](C)C(N)=O)NC1=O. The number of aliphatic hydroxyl groups is 1. The molecule has 0 spiro atoms. The molecule has 24 N–H and O–H groups in total. The van der Waals surface area contributed by atoms with Crippen molar-refractivity contribution in [3.8, 4) is 11.1 Å². The Kier molecular flexibility index (Phi) is 42.2. The molecule has 0 saturated carbocycles. The van der Waals surface area contributed by atoms with Crippen LogP contribution < -0.4 is 91.6 Å². The average Bonchev–Trinajstić information content (AvgIpc) is 1.62. The number of rotatable bonds is 25. The number of aliphatic carboxylic acids is 1. The van der Waals surface area contributed by atoms with Gasteiger partial charge in [-0.3, -0.25) is 81.5 Å². The van der Waals surface area contributed by atoms with Crippen LogP contribution in [0.4, 0.5) is 0 Å². The molecular formula is C91H129N19O21S. The number of likely N-dealkylation sites (N-methyl/N-ethyl adjacent to an activating group) is 1. The van der Waals surface area contributed by atoms with Gasteiger partial charge >= 0.3 is 11.9 Å². The summed E-state index contributed by atoms with van der Waals surface area (Å²) in [5.74, 6) is -23.3. The van der Waals surface area contributed by atoms with Gasteiger partial charge in [0, 0.05) is 55.7 Å². The lowest BCUT2D eigenvalue weighted by molar-refractivity contribution is -0.143. The van der Waals surface area contributed by atoms with Gasteiger partial charge < -0.3 is 117 Å². The number of carbonyl (C=O) groups excluding carboxylic acids is 16. The minimum absolute atomic E-state index is 0.0236. The van der Waals surface area contributed by atoms with Gasteiger partial charge in [-0.15, -0.1) is 11.8 Å². The first-order chi connectivity index (χ1) is 62.2. The summed E-state index contributed by atoms with van der Waals surface area (Å²) >= 11 is 0.670. The second-order valence-corrected chi connectivity index (χ2v) is 35.8. The number of primary amides is 1. The number of nitrogens with one attached hydrogen (secondary N) is 15. The van der Waals surface area contributed by atoms with E-state index in [0.717, 1.165) is 16.0 Å². The number of aromatic nitrogens is 1. The summed E-state index contributed by atoms with van der Waals surface area (Å²) in [5.41, 5.74) is 20.8. The molecule has 132 heavy (non-hydrogen) atoms. The number of carboxylic acids is 2. The molecule has 1 fully saturated rings. The number of carbonyl (C=O) groups is 18. The van der Waals surface area contributed by atoms with Gasteiger partial charge in [0.2, 0.25) is 94.5 Å². The number of benzene rings is 4. The largest absolute Gasteiger partial charge is 0.481 e. The minimum Gasteiger partial charge on any atom is -0.481 e. The smallest absolute Gasteiger partial charge is 0.335 e. The van der Waals surface area contributed by atoms with Crippen LogP contribution >= 0.6 is 11.8 Å². The molecule has 0 aliphatic carbocycles. The summed E-state index contributed by atoms with van der Waals surface area (Å²) in [6, 6.07) is 4.15. The Balaban J connectivity index is 1.47. The number of nitrogens with zero attached hydrogens (tertiary/aromatic N) is 1. The Hall–Kier alpha value is -12.9. The first kappa shape index (κ1) is 108. The molecule has 1 aromatic heterocycles. The number of aromatic amines is 1. The summed E-state index contributed by atoms with van der Waals surface area (Å²) in [7, 11) is 1.30. The van der Waals surface area contributed by atoms with Gasteiger partial charge in [0.05, 0.1) is 23.8 Å². The summed E-state index contributed by atoms with van der Waals surface area (Å²) in [6.07, 6.45) is -2.95. The van der Waals surface area contributed by atoms with Gasteiger partial charge in [-0.05, 0) is 122 Å². The number of fused-ring (bicyclic) bond motifs is 1. The van der Waals surface area contributed by atoms with Crippen molar-refractivity contribution in [3.63, 3.8) is 0 Å². The van der Waals surface area contributed by atoms with Gasteiger partial charge in [-0.1, -0.05) is 161 Å². The molecule has 0 radical (unpaired) electrons. The number of hydrogen-bond acceptors (Lipinski definition) is 22. The third kappa shape index (κ3) is 32.6. The normalized spacial score (nSPS) is 24.0. The van der Waals surface area contributed by atoms with E-state index in [-0.39, 0.29) is 68.0 Å². The number of aromatic carboxylic acids is 1. The number of hydrogen-bond donors (Lipinski definition) is 21. The highest BCUT2D eigenvalue weighted by molar-refractivity contribution is 8.00. The predicted molar refractivity (Wildman–Crippen MR) is 491 cm³/mol. The fourth-order valence-electron chi connectivity index (χ4n) is 14.3. The van der Waals surface area contributed by atoms with E-state index >= 15 is 24.0 Å². The molecule has 5 aromatic rings. The fourth-order valence-corrected chi connectivity index (χ4v) is 15.2. The molecule has 0 unspecified atom stereocenters. The van der Waals surface area contributed by atoms with E-state index in [1.165, 1.54) is 65.9 Å². The maximum Gasteiger partial charge on any atom is 0.335 e. The fraction of sp³-hybridized carbons (Fsp3) is 0.516. The number of aliphatic hydroxyl groups excluding tert-OH is 1. The monoisotopic (exact) mass is 1860 g/mol. The molecule has 2 heterocycles. The third-order valence-electron chi connectivity index (χ3n) is 22.2. The highest BCUT2D eigenvalue weighted by Crippen LogP contribution is 2.24. The zero-order valence-corrected chi connectivity index (χ0v) is 77.6. The molecule has 16 amide bonds. The first-order valence-corrected chi connectivity index (χ1v) is 45.1. The Labute approximate surface area is 770 Å². The van der Waals surface area contributed by atoms with Crippen molar-refractivity contribution in [1.82, 2.24) is 84.3 Å². The summed E-state index contributed by atoms with van der Waals surface area (Å²) in [6.45, 7) is 19.6. The number of H-pyrrole nitrogens is 1. The predicted octanol–water partition coefficient (Wildman–Crippen LogP) is -0.940. The van der Waals surface area contributed by atoms with Crippen LogP contribution in [0.1, 0.15) is 149 Å². The van der Waals surface area contributed by atoms with Gasteiger partial charge in [0.1, 0.15) is 90.6 Å². The Morgan fingerprint density at radius 1 is 0.477 bits per heavy atom. The molecule has 1 aliphatic heterocycles. The van der Waals surface area contributed by atoms with Crippen molar-refractivity contribution in [3.05, 3.63) is 132 Å². The molecule has 40 nitrogen and oxygen atoms in total. The van der Waals surface area contributed by atoms with Crippen LogP contribution in [-0.4, -0.2) is 260 Å². The lowest BCUT2D eigenvalue weighted by atomic mass is 9.97. The van der Waals surface area contributed by atoms with E-state index in [1.807, 2.05) is 30.3 Å². The number of thioether (sulfide) groups is 1. The van der Waals surface area contributed by atoms with Gasteiger partial charge in [-0.2, -0.15) is 0 Å². The summed E-state index contributed by atoms with van der Waals surface area (Å²) in [4.78, 5) is 262. The maximum atomic E-state index is 15.3. The molecule has 1 saturated heterocycles. The lowest BCUT2D eigenvalue weighted by Crippen LogP contribution is -2.63. The standard InChI is InChI=1S/C91H129N19O21S/c1-15-69(111)75-89(128)105-68(86(125)96-50(12)76(94)115)43-132-44-70(112)97-67(41-93)85(124)101-63(37-53-27-31-56(32-28-53)91(130)131)80(119)103-66(40-71(113)114)81(120)102-65(39-57-42-95-59-24-20-19-23-58(57)59)84(123)106-72(47(6)7)87(126)104-64(38-52-25-29-55(30-26-52)54-21-17-16-18-22-54)83(122)108-74(49(10)11)90(129)110(14)51(13)77(116)99-61(35-45(2)3)79(118)98-60(33-34-92)78(117)100-62(36-46(4)5)82(121)107-73(48(8)9)88(127)109-75/h16-32,42,45-51,60-69,72-75,95,111H,15,33-41,43-44,92-93H2,1-14H3,(H2,94,115)(H,96,125)(H,97,112)(H,98,118)(H,99,116)(H,100,117)(H,101,124)(H,102,120)(H,103,119)(H,104,126)(H,105,128)(H,106,123)(H,107,121)(H,108,122)(H,109,127)(H,113,114)(H,130,131)/t50-,51-,60-,61+,62-,63-,64-,65-,66-,67-,68-,69+,72-,73-,74-,75-/m0/s1. The van der Waals surface area contributed by atoms with Crippen molar-refractivity contribution in [2.24, 2.45) is 46.8 Å². The molecule has 41 heteroatoms. The topological polar surface area (TPSA) is 633 Å². The van der Waals surface area contributed by atoms with Crippen molar-refractivity contribution in [1.29, 1.82) is 0 Å². The summed E-state index contributed by atoms with van der Waals surface area (Å²) < 4.78 is 0. The number of nitrogens with two attached hydrogens (primary N) is 3. The van der Waals surface area contributed by atoms with Gasteiger partial charge in [0.25, 0.3) is 0 Å². The van der Waals surface area contributed by atoms with Crippen molar-refractivity contribution < 1.29 is 102 Å². The van der Waals surface area contributed by atoms with E-state index in [2.05, 4.69) is 79.4 Å². The second-order valence-electron chi connectivity index (χ2n) is 34.7. The first-order valence-electron chi connectivity index (χ1n) is 44.0. The van der Waals surface area contributed by atoms with Crippen molar-refractivity contribution >= 4 is 129 Å². The van der Waals surface area contributed by atoms with E-state index in [1.54, 1.807) is 110 Å². The van der Waals surface area contributed by atoms with Crippen LogP contribution in [0, 0.1) is 29.6 Å². The molecular weight excluding hydrogens is 1730 g/mol. The van der Waals surface area contributed by atoms with Crippen LogP contribution in [0.2, 0.25) is 0 Å². The van der Waals surface area contributed by atoms with Crippen LogP contribution in [0.5, 0.6) is 0 Å². The van der Waals surface area contributed by atoms with Crippen LogP contribution in [0.25, 0.3) is 22.0 Å². The minimum atomic E-state index is -2.10. The maximum absolute atomic E-state index is 15.3. The van der Waals surface area contributed by atoms with E-state index in [9.17, 15) is 77.6 Å². The molecule has 0 bridgehead atoms. The van der Waals surface area contributed by atoms with Gasteiger partial charge in [0.15, 0.2) is 0 Å². The quantitative estimate of drug-likeness (QED) is 0.0335. The zero-order chi connectivity index (χ0) is 98.2. The average molecular weight is 1860 g/mol. The molecule has 4 aromatic carbocycles. The number of carboxylic acid groups (broad SMARTS) is 2. The third-order valence-corrected chi connectivity index (χ3v) is 23.2. The lowest BCUT2D eigenvalue weighted by Gasteiger charge is -2.33. The highest BCUT2D eigenvalue weighted by Gasteiger charge is 2.42. The Morgan fingerprint density at radius 3 is 1.42 bits per heavy atom. The highest BCUT2D eigenvalue weighted by atomic mass is 32.2. The van der Waals surface area contributed by atoms with E-state index in [4.69, 9.17) is 17.2 Å². The molecule has 720 valence electrons. The molecule has 16 atom stereocenters. The van der Waals surface area contributed by atoms with Crippen LogP contribution in [0.3, 0.4) is 0 Å². The number of para-hydroxylation sites is 1. The van der Waals surface area contributed by atoms with Gasteiger partial charge in [-0.25, -0.2) is 4.79 Å². The Morgan fingerprint density at radius 2 is 0.902 bits per heavy atom. The van der Waals surface area contributed by atoms with Crippen LogP contribution in [-0.2, 0) is 101 Å². The summed E-state index contributed by atoms with van der Waals surface area (Å²) in [5, 5.41) is 68.3. The van der Waals surface area contributed by atoms with Crippen LogP contribution in [0.15, 0.2) is 109 Å². The zero-order valence-electron chi connectivity index (χ0n) is 76.8. The molecule has 6 rings (SSSR count). The number of amides is 16. The second kappa shape index (κ2) is 51.6. The molecule has 1 aliphatic rings. The van der Waals surface area contributed by atoms with E-state index in [0.29, 0.717) is 33.8 Å². The van der Waals surface area contributed by atoms with Crippen molar-refractivity contribution in [2.75, 3.05) is 31.6 Å².